The van der Waals surface area contributed by atoms with Gasteiger partial charge in [0.1, 0.15) is 0 Å². The first-order valence-electron chi connectivity index (χ1n) is 10.1. The Hall–Kier alpha value is -1.31. The van der Waals surface area contributed by atoms with Crippen LogP contribution in [0.25, 0.3) is 0 Å². The van der Waals surface area contributed by atoms with E-state index >= 15 is 0 Å². The Balaban J connectivity index is 1.87. The second kappa shape index (κ2) is 14.1. The zero-order valence-electron chi connectivity index (χ0n) is 15.6. The molecule has 0 aliphatic carbocycles. The third kappa shape index (κ3) is 10.5. The first-order valence-corrected chi connectivity index (χ1v) is 10.1. The Labute approximate surface area is 148 Å². The Morgan fingerprint density at radius 2 is 1.12 bits per heavy atom. The van der Waals surface area contributed by atoms with E-state index in [1.807, 2.05) is 12.1 Å². The third-order valence-electron chi connectivity index (χ3n) is 4.77. The van der Waals surface area contributed by atoms with Gasteiger partial charge in [0.05, 0.1) is 5.56 Å². The van der Waals surface area contributed by atoms with E-state index < -0.39 is 5.97 Å². The summed E-state index contributed by atoms with van der Waals surface area (Å²) in [6.45, 7) is 2.27. The molecule has 2 heteroatoms. The topological polar surface area (TPSA) is 37.3 Å². The molecule has 0 aliphatic rings. The standard InChI is InChI=1S/C22H36O2/c1-2-3-4-5-6-7-8-9-10-11-12-13-14-15-20-16-18-21(19-17-20)22(23)24/h16-19H,2-15H2,1H3,(H,23,24). The van der Waals surface area contributed by atoms with E-state index in [9.17, 15) is 4.79 Å². The highest BCUT2D eigenvalue weighted by molar-refractivity contribution is 5.87. The zero-order chi connectivity index (χ0) is 17.5. The molecule has 0 saturated heterocycles. The summed E-state index contributed by atoms with van der Waals surface area (Å²) in [4.78, 5) is 10.8. The van der Waals surface area contributed by atoms with Crippen molar-refractivity contribution >= 4 is 5.97 Å². The molecule has 2 nitrogen and oxygen atoms in total. The minimum absolute atomic E-state index is 0.379. The van der Waals surface area contributed by atoms with Crippen molar-refractivity contribution in [3.63, 3.8) is 0 Å². The van der Waals surface area contributed by atoms with Crippen molar-refractivity contribution in [1.29, 1.82) is 0 Å². The fourth-order valence-electron chi connectivity index (χ4n) is 3.16. The lowest BCUT2D eigenvalue weighted by atomic mass is 10.0. The highest BCUT2D eigenvalue weighted by atomic mass is 16.4. The number of hydrogen-bond donors (Lipinski definition) is 1. The summed E-state index contributed by atoms with van der Waals surface area (Å²) >= 11 is 0. The lowest BCUT2D eigenvalue weighted by Gasteiger charge is -2.04. The zero-order valence-corrected chi connectivity index (χ0v) is 15.6. The highest BCUT2D eigenvalue weighted by Gasteiger charge is 2.01. The van der Waals surface area contributed by atoms with Crippen LogP contribution in [0.15, 0.2) is 24.3 Å². The summed E-state index contributed by atoms with van der Waals surface area (Å²) in [5, 5.41) is 8.87. The Bertz CT molecular complexity index is 422. The molecule has 0 atom stereocenters. The lowest BCUT2D eigenvalue weighted by Crippen LogP contribution is -1.96. The van der Waals surface area contributed by atoms with Gasteiger partial charge in [-0.05, 0) is 30.5 Å². The van der Waals surface area contributed by atoms with Crippen LogP contribution in [-0.2, 0) is 6.42 Å². The molecular formula is C22H36O2. The molecule has 0 heterocycles. The van der Waals surface area contributed by atoms with Crippen LogP contribution >= 0.6 is 0 Å². The number of carbonyl (C=O) groups is 1. The average molecular weight is 333 g/mol. The lowest BCUT2D eigenvalue weighted by molar-refractivity contribution is 0.0697. The van der Waals surface area contributed by atoms with E-state index in [-0.39, 0.29) is 0 Å². The van der Waals surface area contributed by atoms with Gasteiger partial charge in [-0.15, -0.1) is 0 Å². The van der Waals surface area contributed by atoms with Crippen LogP contribution < -0.4 is 0 Å². The number of rotatable bonds is 15. The van der Waals surface area contributed by atoms with Crippen molar-refractivity contribution in [2.75, 3.05) is 0 Å². The average Bonchev–Trinajstić information content (AvgIpc) is 2.59. The van der Waals surface area contributed by atoms with Crippen molar-refractivity contribution in [1.82, 2.24) is 0 Å². The molecule has 0 bridgehead atoms. The number of aryl methyl sites for hydroxylation is 1. The van der Waals surface area contributed by atoms with E-state index in [4.69, 9.17) is 5.11 Å². The molecule has 0 aliphatic heterocycles. The Kier molecular flexibility index (Phi) is 12.2. The van der Waals surface area contributed by atoms with Crippen molar-refractivity contribution in [3.8, 4) is 0 Å². The predicted octanol–water partition coefficient (Wildman–Crippen LogP) is 7.02. The predicted molar refractivity (Wildman–Crippen MR) is 103 cm³/mol. The van der Waals surface area contributed by atoms with Gasteiger partial charge in [-0.25, -0.2) is 4.79 Å². The number of aromatic carboxylic acids is 1. The van der Waals surface area contributed by atoms with Crippen molar-refractivity contribution in [2.24, 2.45) is 0 Å². The SMILES string of the molecule is CCCCCCCCCCCCCCCc1ccc(C(=O)O)cc1. The normalized spacial score (nSPS) is 10.9. The van der Waals surface area contributed by atoms with E-state index in [2.05, 4.69) is 6.92 Å². The second-order valence-electron chi connectivity index (χ2n) is 6.99. The van der Waals surface area contributed by atoms with Crippen LogP contribution in [0.4, 0.5) is 0 Å². The fourth-order valence-corrected chi connectivity index (χ4v) is 3.16. The minimum atomic E-state index is -0.845. The molecule has 0 unspecified atom stereocenters. The van der Waals surface area contributed by atoms with Gasteiger partial charge >= 0.3 is 5.97 Å². The number of carboxylic acid groups (broad SMARTS) is 1. The number of unbranched alkanes of at least 4 members (excludes halogenated alkanes) is 12. The van der Waals surface area contributed by atoms with E-state index in [1.54, 1.807) is 12.1 Å². The summed E-state index contributed by atoms with van der Waals surface area (Å²) < 4.78 is 0. The summed E-state index contributed by atoms with van der Waals surface area (Å²) in [7, 11) is 0. The van der Waals surface area contributed by atoms with Gasteiger partial charge in [0.2, 0.25) is 0 Å². The maximum absolute atomic E-state index is 10.8. The fraction of sp³-hybridized carbons (Fsp3) is 0.682. The monoisotopic (exact) mass is 332 g/mol. The molecule has 0 saturated carbocycles. The summed E-state index contributed by atoms with van der Waals surface area (Å²) in [6, 6.07) is 7.31. The van der Waals surface area contributed by atoms with E-state index in [1.165, 1.54) is 89.0 Å². The van der Waals surface area contributed by atoms with Gasteiger partial charge in [-0.1, -0.05) is 96.1 Å². The molecule has 0 amide bonds. The molecule has 1 aromatic carbocycles. The molecule has 0 spiro atoms. The molecule has 0 fully saturated rings. The molecule has 1 N–H and O–H groups in total. The minimum Gasteiger partial charge on any atom is -0.478 e. The summed E-state index contributed by atoms with van der Waals surface area (Å²) in [5.74, 6) is -0.845. The number of hydrogen-bond acceptors (Lipinski definition) is 1. The van der Waals surface area contributed by atoms with Gasteiger partial charge < -0.3 is 5.11 Å². The molecule has 24 heavy (non-hydrogen) atoms. The van der Waals surface area contributed by atoms with Crippen LogP contribution in [0.5, 0.6) is 0 Å². The smallest absolute Gasteiger partial charge is 0.335 e. The molecule has 0 aromatic heterocycles. The summed E-state index contributed by atoms with van der Waals surface area (Å²) in [6.07, 6.45) is 19.0. The van der Waals surface area contributed by atoms with E-state index in [0.717, 1.165) is 6.42 Å². The maximum atomic E-state index is 10.8. The van der Waals surface area contributed by atoms with Gasteiger partial charge in [0.15, 0.2) is 0 Å². The second-order valence-corrected chi connectivity index (χ2v) is 6.99. The first kappa shape index (κ1) is 20.7. The third-order valence-corrected chi connectivity index (χ3v) is 4.77. The quantitative estimate of drug-likeness (QED) is 0.350. The molecule has 0 radical (unpaired) electrons. The van der Waals surface area contributed by atoms with Crippen LogP contribution in [0.1, 0.15) is 106 Å². The Morgan fingerprint density at radius 3 is 1.54 bits per heavy atom. The van der Waals surface area contributed by atoms with E-state index in [0.29, 0.717) is 5.56 Å². The van der Waals surface area contributed by atoms with Gasteiger partial charge in [-0.3, -0.25) is 0 Å². The van der Waals surface area contributed by atoms with Crippen molar-refractivity contribution < 1.29 is 9.90 Å². The maximum Gasteiger partial charge on any atom is 0.335 e. The van der Waals surface area contributed by atoms with Gasteiger partial charge in [-0.2, -0.15) is 0 Å². The molecule has 1 aromatic rings. The van der Waals surface area contributed by atoms with Crippen molar-refractivity contribution in [3.05, 3.63) is 35.4 Å². The highest BCUT2D eigenvalue weighted by Crippen LogP contribution is 2.14. The number of benzene rings is 1. The first-order chi connectivity index (χ1) is 11.7. The van der Waals surface area contributed by atoms with Crippen LogP contribution in [0.2, 0.25) is 0 Å². The van der Waals surface area contributed by atoms with Gasteiger partial charge in [0.25, 0.3) is 0 Å². The van der Waals surface area contributed by atoms with Gasteiger partial charge in [0, 0.05) is 0 Å². The number of carboxylic acids is 1. The van der Waals surface area contributed by atoms with Crippen LogP contribution in [0.3, 0.4) is 0 Å². The molecule has 1 rings (SSSR count). The summed E-state index contributed by atoms with van der Waals surface area (Å²) in [5.41, 5.74) is 1.63. The Morgan fingerprint density at radius 1 is 0.708 bits per heavy atom. The largest absolute Gasteiger partial charge is 0.478 e. The molecule has 136 valence electrons. The van der Waals surface area contributed by atoms with Crippen molar-refractivity contribution in [2.45, 2.75) is 96.8 Å². The van der Waals surface area contributed by atoms with Crippen LogP contribution in [0, 0.1) is 0 Å². The molecular weight excluding hydrogens is 296 g/mol. The van der Waals surface area contributed by atoms with Crippen LogP contribution in [-0.4, -0.2) is 11.1 Å².